The van der Waals surface area contributed by atoms with Gasteiger partial charge in [-0.15, -0.1) is 24.0 Å². The lowest BCUT2D eigenvalue weighted by Crippen LogP contribution is -2.38. The number of aliphatic hydroxyl groups is 1. The molecule has 2 rings (SSSR count). The molecule has 0 bridgehead atoms. The van der Waals surface area contributed by atoms with Crippen LogP contribution >= 0.6 is 24.0 Å². The first-order valence-electron chi connectivity index (χ1n) is 10.2. The van der Waals surface area contributed by atoms with Crippen molar-refractivity contribution in [1.82, 2.24) is 10.6 Å². The zero-order chi connectivity index (χ0) is 19.5. The molecule has 7 heteroatoms. The molecule has 1 saturated carbocycles. The van der Waals surface area contributed by atoms with Gasteiger partial charge in [-0.2, -0.15) is 0 Å². The Bertz CT molecular complexity index is 598. The van der Waals surface area contributed by atoms with Gasteiger partial charge >= 0.3 is 0 Å². The second-order valence-corrected chi connectivity index (χ2v) is 6.93. The molecule has 1 aromatic carbocycles. The van der Waals surface area contributed by atoms with Crippen molar-refractivity contribution in [2.45, 2.75) is 52.1 Å². The Morgan fingerprint density at radius 2 is 2.04 bits per heavy atom. The predicted molar refractivity (Wildman–Crippen MR) is 125 cm³/mol. The van der Waals surface area contributed by atoms with Gasteiger partial charge in [0.05, 0.1) is 19.8 Å². The highest BCUT2D eigenvalue weighted by molar-refractivity contribution is 14.0. The first kappa shape index (κ1) is 24.8. The van der Waals surface area contributed by atoms with Crippen molar-refractivity contribution in [3.8, 4) is 11.5 Å². The average molecular weight is 505 g/mol. The molecule has 0 aliphatic heterocycles. The molecule has 1 aromatic rings. The van der Waals surface area contributed by atoms with Gasteiger partial charge in [-0.1, -0.05) is 12.5 Å². The highest BCUT2D eigenvalue weighted by atomic mass is 127. The monoisotopic (exact) mass is 505 g/mol. The lowest BCUT2D eigenvalue weighted by Gasteiger charge is -2.15. The van der Waals surface area contributed by atoms with Crippen LogP contribution in [0.1, 0.15) is 45.1 Å². The summed E-state index contributed by atoms with van der Waals surface area (Å²) in [6.45, 7) is 7.02. The van der Waals surface area contributed by atoms with Crippen molar-refractivity contribution in [3.05, 3.63) is 23.8 Å². The van der Waals surface area contributed by atoms with Crippen LogP contribution in [-0.4, -0.2) is 50.5 Å². The molecule has 2 atom stereocenters. The third kappa shape index (κ3) is 8.03. The molecule has 0 aromatic heterocycles. The number of benzene rings is 1. The average Bonchev–Trinajstić information content (AvgIpc) is 3.08. The minimum atomic E-state index is -0.189. The van der Waals surface area contributed by atoms with Crippen LogP contribution in [0.3, 0.4) is 0 Å². The van der Waals surface area contributed by atoms with E-state index >= 15 is 0 Å². The summed E-state index contributed by atoms with van der Waals surface area (Å²) in [6, 6.07) is 6.11. The molecule has 0 heterocycles. The van der Waals surface area contributed by atoms with E-state index in [-0.39, 0.29) is 30.1 Å². The van der Waals surface area contributed by atoms with Gasteiger partial charge in [0.25, 0.3) is 0 Å². The lowest BCUT2D eigenvalue weighted by molar-refractivity contribution is 0.136. The topological polar surface area (TPSA) is 75.1 Å². The largest absolute Gasteiger partial charge is 0.493 e. The highest BCUT2D eigenvalue weighted by Gasteiger charge is 2.24. The van der Waals surface area contributed by atoms with Gasteiger partial charge < -0.3 is 25.2 Å². The maximum Gasteiger partial charge on any atom is 0.191 e. The number of rotatable bonds is 10. The number of ether oxygens (including phenoxy) is 2. The van der Waals surface area contributed by atoms with Crippen LogP contribution in [0.15, 0.2) is 23.2 Å². The van der Waals surface area contributed by atoms with Crippen LogP contribution in [0.25, 0.3) is 0 Å². The minimum Gasteiger partial charge on any atom is -0.493 e. The molecule has 0 radical (unpaired) electrons. The van der Waals surface area contributed by atoms with Crippen molar-refractivity contribution in [3.63, 3.8) is 0 Å². The minimum absolute atomic E-state index is 0. The molecule has 0 amide bonds. The number of hydrogen-bond acceptors (Lipinski definition) is 4. The summed E-state index contributed by atoms with van der Waals surface area (Å²) >= 11 is 0. The van der Waals surface area contributed by atoms with Crippen LogP contribution in [0.4, 0.5) is 0 Å². The molecule has 1 aliphatic rings. The van der Waals surface area contributed by atoms with E-state index in [4.69, 9.17) is 9.47 Å². The number of nitrogens with zero attached hydrogens (tertiary/aromatic N) is 1. The summed E-state index contributed by atoms with van der Waals surface area (Å²) in [5.41, 5.74) is 1.23. The van der Waals surface area contributed by atoms with Crippen molar-refractivity contribution < 1.29 is 14.6 Å². The fraction of sp³-hybridized carbons (Fsp3) is 0.667. The van der Waals surface area contributed by atoms with E-state index in [1.807, 2.05) is 13.0 Å². The molecule has 6 nitrogen and oxygen atoms in total. The molecule has 2 unspecified atom stereocenters. The fourth-order valence-corrected chi connectivity index (χ4v) is 3.42. The molecular weight excluding hydrogens is 469 g/mol. The molecule has 0 saturated heterocycles. The van der Waals surface area contributed by atoms with Crippen LogP contribution in [0.5, 0.6) is 11.5 Å². The van der Waals surface area contributed by atoms with Crippen LogP contribution < -0.4 is 20.1 Å². The van der Waals surface area contributed by atoms with Crippen molar-refractivity contribution in [2.75, 3.05) is 33.4 Å². The summed E-state index contributed by atoms with van der Waals surface area (Å²) in [4.78, 5) is 4.65. The van der Waals surface area contributed by atoms with Gasteiger partial charge in [-0.05, 0) is 57.2 Å². The second-order valence-electron chi connectivity index (χ2n) is 6.93. The third-order valence-electron chi connectivity index (χ3n) is 4.91. The lowest BCUT2D eigenvalue weighted by atomic mass is 10.1. The normalized spacial score (nSPS) is 19.1. The number of aryl methyl sites for hydroxylation is 1. The van der Waals surface area contributed by atoms with Crippen LogP contribution in [0.2, 0.25) is 0 Å². The van der Waals surface area contributed by atoms with Crippen molar-refractivity contribution in [1.29, 1.82) is 0 Å². The third-order valence-corrected chi connectivity index (χ3v) is 4.91. The van der Waals surface area contributed by atoms with E-state index in [0.717, 1.165) is 62.7 Å². The molecule has 160 valence electrons. The number of hydrogen-bond donors (Lipinski definition) is 3. The molecule has 0 spiro atoms. The Balaban J connectivity index is 0.00000392. The number of guanidine groups is 1. The second kappa shape index (κ2) is 13.9. The predicted octanol–water partition coefficient (Wildman–Crippen LogP) is 3.36. The van der Waals surface area contributed by atoms with E-state index in [2.05, 4.69) is 34.7 Å². The Labute approximate surface area is 186 Å². The Hall–Kier alpha value is -1.22. The highest BCUT2D eigenvalue weighted by Crippen LogP contribution is 2.28. The summed E-state index contributed by atoms with van der Waals surface area (Å²) in [6.07, 6.45) is 4.86. The summed E-state index contributed by atoms with van der Waals surface area (Å²) in [5.74, 6) is 2.71. The molecule has 1 fully saturated rings. The van der Waals surface area contributed by atoms with Crippen LogP contribution in [0, 0.1) is 5.92 Å². The first-order valence-corrected chi connectivity index (χ1v) is 10.2. The summed E-state index contributed by atoms with van der Waals surface area (Å²) in [7, 11) is 1.66. The van der Waals surface area contributed by atoms with Crippen molar-refractivity contribution in [2.24, 2.45) is 10.9 Å². The molecule has 1 aliphatic carbocycles. The maximum atomic E-state index is 9.94. The summed E-state index contributed by atoms with van der Waals surface area (Å²) in [5, 5.41) is 16.6. The van der Waals surface area contributed by atoms with Gasteiger partial charge in [0.1, 0.15) is 0 Å². The molecule has 3 N–H and O–H groups in total. The number of nitrogens with one attached hydrogen (secondary N) is 2. The van der Waals surface area contributed by atoms with Crippen molar-refractivity contribution >= 4 is 29.9 Å². The van der Waals surface area contributed by atoms with E-state index in [1.54, 1.807) is 7.11 Å². The van der Waals surface area contributed by atoms with E-state index in [1.165, 1.54) is 5.56 Å². The van der Waals surface area contributed by atoms with Gasteiger partial charge in [0, 0.05) is 25.6 Å². The van der Waals surface area contributed by atoms with E-state index in [0.29, 0.717) is 19.1 Å². The quantitative estimate of drug-likeness (QED) is 0.197. The number of aliphatic imine (C=N–C) groups is 1. The Morgan fingerprint density at radius 1 is 1.21 bits per heavy atom. The fourth-order valence-electron chi connectivity index (χ4n) is 3.42. The number of methoxy groups -OCH3 is 1. The summed E-state index contributed by atoms with van der Waals surface area (Å²) < 4.78 is 11.0. The smallest absolute Gasteiger partial charge is 0.191 e. The molecule has 28 heavy (non-hydrogen) atoms. The van der Waals surface area contributed by atoms with Gasteiger partial charge in [0.2, 0.25) is 0 Å². The van der Waals surface area contributed by atoms with Gasteiger partial charge in [0.15, 0.2) is 17.5 Å². The zero-order valence-electron chi connectivity index (χ0n) is 17.4. The Morgan fingerprint density at radius 3 is 2.68 bits per heavy atom. The van der Waals surface area contributed by atoms with Crippen LogP contribution in [-0.2, 0) is 6.42 Å². The number of halogens is 1. The maximum absolute atomic E-state index is 9.94. The zero-order valence-corrected chi connectivity index (χ0v) is 19.7. The standard InChI is InChI=1S/C21H35N3O3.HI/c1-4-22-21(24-15-17-9-6-10-18(17)25)23-13-7-8-16-11-12-19(26-3)20(14-16)27-5-2;/h11-12,14,17-18,25H,4-10,13,15H2,1-3H3,(H2,22,23,24);1H. The Kier molecular flexibility index (Phi) is 12.3. The molecular formula is C21H36IN3O3. The van der Waals surface area contributed by atoms with E-state index < -0.39 is 0 Å². The van der Waals surface area contributed by atoms with Gasteiger partial charge in [-0.3, -0.25) is 4.99 Å². The van der Waals surface area contributed by atoms with Gasteiger partial charge in [-0.25, -0.2) is 0 Å². The number of aliphatic hydroxyl groups excluding tert-OH is 1. The SMILES string of the molecule is CCNC(=NCC1CCCC1O)NCCCc1ccc(OC)c(OCC)c1.I. The van der Waals surface area contributed by atoms with E-state index in [9.17, 15) is 5.11 Å². The first-order chi connectivity index (χ1) is 13.2.